The fourth-order valence-corrected chi connectivity index (χ4v) is 5.53. The molecule has 0 aromatic carbocycles. The highest BCUT2D eigenvalue weighted by atomic mass is 32.2. The van der Waals surface area contributed by atoms with Crippen molar-refractivity contribution in [2.75, 3.05) is 19.0 Å². The third-order valence-electron chi connectivity index (χ3n) is 5.90. The molecule has 1 saturated carbocycles. The van der Waals surface area contributed by atoms with Crippen molar-refractivity contribution in [3.63, 3.8) is 0 Å². The second-order valence-electron chi connectivity index (χ2n) is 7.84. The van der Waals surface area contributed by atoms with Crippen LogP contribution < -0.4 is 16.0 Å². The number of nitrogens with one attached hydrogen (secondary N) is 3. The number of hydrogen-bond donors (Lipinski definition) is 3. The topological polar surface area (TPSA) is 75.3 Å². The molecule has 148 valence electrons. The van der Waals surface area contributed by atoms with Crippen molar-refractivity contribution in [3.05, 3.63) is 30.1 Å². The van der Waals surface area contributed by atoms with Gasteiger partial charge in [0.1, 0.15) is 0 Å². The number of carbonyl (C=O) groups excluding carboxylic acids is 1. The monoisotopic (exact) mass is 390 g/mol. The normalized spacial score (nSPS) is 31.9. The molecule has 6 nitrogen and oxygen atoms in total. The SMILES string of the molecule is O=C1NC(CSC2CCOCC2)NC2CC(NCc3cccnc3)CCC12. The Morgan fingerprint density at radius 2 is 2.15 bits per heavy atom. The van der Waals surface area contributed by atoms with E-state index in [1.807, 2.05) is 24.0 Å². The predicted molar refractivity (Wildman–Crippen MR) is 107 cm³/mol. The molecule has 1 amide bonds. The minimum Gasteiger partial charge on any atom is -0.381 e. The molecule has 3 aliphatic rings. The van der Waals surface area contributed by atoms with Crippen LogP contribution in [-0.2, 0) is 16.1 Å². The summed E-state index contributed by atoms with van der Waals surface area (Å²) in [5.74, 6) is 1.29. The predicted octanol–water partition coefficient (Wildman–Crippen LogP) is 1.67. The molecule has 1 aliphatic carbocycles. The smallest absolute Gasteiger partial charge is 0.225 e. The third kappa shape index (κ3) is 5.22. The van der Waals surface area contributed by atoms with Crippen molar-refractivity contribution in [2.24, 2.45) is 5.92 Å². The largest absolute Gasteiger partial charge is 0.381 e. The van der Waals surface area contributed by atoms with Crippen LogP contribution in [0.2, 0.25) is 0 Å². The van der Waals surface area contributed by atoms with Crippen LogP contribution in [0.5, 0.6) is 0 Å². The maximum Gasteiger partial charge on any atom is 0.225 e. The maximum atomic E-state index is 12.6. The molecule has 4 unspecified atom stereocenters. The van der Waals surface area contributed by atoms with Gasteiger partial charge in [-0.2, -0.15) is 11.8 Å². The summed E-state index contributed by atoms with van der Waals surface area (Å²) in [6, 6.07) is 4.80. The Bertz CT molecular complexity index is 611. The number of fused-ring (bicyclic) bond motifs is 1. The number of pyridine rings is 1. The van der Waals surface area contributed by atoms with Crippen molar-refractivity contribution < 1.29 is 9.53 Å². The van der Waals surface area contributed by atoms with E-state index in [9.17, 15) is 4.79 Å². The van der Waals surface area contributed by atoms with Crippen molar-refractivity contribution in [1.29, 1.82) is 0 Å². The van der Waals surface area contributed by atoms with E-state index in [4.69, 9.17) is 4.74 Å². The summed E-state index contributed by atoms with van der Waals surface area (Å²) >= 11 is 1.97. The Morgan fingerprint density at radius 3 is 2.96 bits per heavy atom. The Morgan fingerprint density at radius 1 is 1.26 bits per heavy atom. The van der Waals surface area contributed by atoms with Gasteiger partial charge in [-0.1, -0.05) is 6.07 Å². The highest BCUT2D eigenvalue weighted by Crippen LogP contribution is 2.29. The Labute approximate surface area is 165 Å². The molecule has 0 spiro atoms. The van der Waals surface area contributed by atoms with Gasteiger partial charge in [-0.3, -0.25) is 15.1 Å². The van der Waals surface area contributed by atoms with Gasteiger partial charge in [0.2, 0.25) is 5.91 Å². The lowest BCUT2D eigenvalue weighted by Gasteiger charge is -2.43. The molecule has 7 heteroatoms. The highest BCUT2D eigenvalue weighted by molar-refractivity contribution is 7.99. The highest BCUT2D eigenvalue weighted by Gasteiger charge is 2.40. The molecule has 0 bridgehead atoms. The summed E-state index contributed by atoms with van der Waals surface area (Å²) in [5.41, 5.74) is 1.21. The van der Waals surface area contributed by atoms with Crippen LogP contribution in [0.15, 0.2) is 24.5 Å². The van der Waals surface area contributed by atoms with Crippen molar-refractivity contribution >= 4 is 17.7 Å². The third-order valence-corrected chi connectivity index (χ3v) is 7.37. The van der Waals surface area contributed by atoms with Crippen LogP contribution in [-0.4, -0.2) is 53.4 Å². The van der Waals surface area contributed by atoms with Crippen molar-refractivity contribution in [1.82, 2.24) is 20.9 Å². The molecule has 0 radical (unpaired) electrons. The fraction of sp³-hybridized carbons (Fsp3) is 0.700. The zero-order valence-electron chi connectivity index (χ0n) is 15.7. The van der Waals surface area contributed by atoms with Crippen LogP contribution in [0.4, 0.5) is 0 Å². The van der Waals surface area contributed by atoms with E-state index < -0.39 is 0 Å². The van der Waals surface area contributed by atoms with E-state index in [-0.39, 0.29) is 24.0 Å². The van der Waals surface area contributed by atoms with E-state index in [0.29, 0.717) is 11.3 Å². The van der Waals surface area contributed by atoms with Gasteiger partial charge >= 0.3 is 0 Å². The summed E-state index contributed by atoms with van der Waals surface area (Å²) in [4.78, 5) is 16.7. The van der Waals surface area contributed by atoms with Gasteiger partial charge < -0.3 is 15.4 Å². The van der Waals surface area contributed by atoms with Crippen LogP contribution in [0.3, 0.4) is 0 Å². The average Bonchev–Trinajstić information content (AvgIpc) is 2.72. The molecule has 1 aromatic heterocycles. The molecule has 4 atom stereocenters. The standard InChI is InChI=1S/C20H30N4O2S/c25-20-17-4-3-15(22-12-14-2-1-7-21-11-14)10-18(17)23-19(24-20)13-27-16-5-8-26-9-6-16/h1-2,7,11,15-19,22-23H,3-6,8-10,12-13H2,(H,24,25). The van der Waals surface area contributed by atoms with E-state index in [0.717, 1.165) is 57.6 Å². The Kier molecular flexibility index (Phi) is 6.65. The summed E-state index contributed by atoms with van der Waals surface area (Å²) < 4.78 is 5.44. The summed E-state index contributed by atoms with van der Waals surface area (Å²) in [6.45, 7) is 2.58. The first-order chi connectivity index (χ1) is 13.3. The molecular formula is C20H30N4O2S. The number of carbonyl (C=O) groups is 1. The van der Waals surface area contributed by atoms with Gasteiger partial charge in [0.05, 0.1) is 12.1 Å². The first-order valence-corrected chi connectivity index (χ1v) is 11.2. The van der Waals surface area contributed by atoms with E-state index in [2.05, 4.69) is 27.0 Å². The molecule has 2 aliphatic heterocycles. The van der Waals surface area contributed by atoms with Gasteiger partial charge in [0.15, 0.2) is 0 Å². The minimum absolute atomic E-state index is 0.0867. The summed E-state index contributed by atoms with van der Waals surface area (Å²) in [7, 11) is 0. The zero-order chi connectivity index (χ0) is 18.5. The lowest BCUT2D eigenvalue weighted by Crippen LogP contribution is -2.64. The van der Waals surface area contributed by atoms with E-state index in [1.54, 1.807) is 6.20 Å². The molecule has 27 heavy (non-hydrogen) atoms. The lowest BCUT2D eigenvalue weighted by molar-refractivity contribution is -0.130. The number of thioether (sulfide) groups is 1. The second kappa shape index (κ2) is 9.37. The minimum atomic E-state index is 0.0867. The van der Waals surface area contributed by atoms with Gasteiger partial charge in [0, 0.05) is 55.2 Å². The molecule has 3 N–H and O–H groups in total. The fourth-order valence-electron chi connectivity index (χ4n) is 4.36. The first-order valence-electron chi connectivity index (χ1n) is 10.2. The van der Waals surface area contributed by atoms with Crippen LogP contribution >= 0.6 is 11.8 Å². The Balaban J connectivity index is 1.26. The number of nitrogens with zero attached hydrogens (tertiary/aromatic N) is 1. The molecule has 4 rings (SSSR count). The quantitative estimate of drug-likeness (QED) is 0.686. The number of hydrogen-bond acceptors (Lipinski definition) is 6. The lowest BCUT2D eigenvalue weighted by atomic mass is 9.79. The summed E-state index contributed by atoms with van der Waals surface area (Å²) in [6.07, 6.45) is 9.06. The van der Waals surface area contributed by atoms with Crippen LogP contribution in [0, 0.1) is 5.92 Å². The van der Waals surface area contributed by atoms with Crippen LogP contribution in [0.1, 0.15) is 37.7 Å². The van der Waals surface area contributed by atoms with E-state index in [1.165, 1.54) is 5.56 Å². The zero-order valence-corrected chi connectivity index (χ0v) is 16.5. The van der Waals surface area contributed by atoms with Gasteiger partial charge in [-0.25, -0.2) is 0 Å². The van der Waals surface area contributed by atoms with Gasteiger partial charge in [0.25, 0.3) is 0 Å². The molecule has 2 saturated heterocycles. The second-order valence-corrected chi connectivity index (χ2v) is 9.17. The van der Waals surface area contributed by atoms with Crippen molar-refractivity contribution in [3.8, 4) is 0 Å². The number of rotatable bonds is 6. The van der Waals surface area contributed by atoms with Gasteiger partial charge in [-0.15, -0.1) is 0 Å². The molecule has 3 heterocycles. The number of aromatic nitrogens is 1. The number of amides is 1. The maximum absolute atomic E-state index is 12.6. The van der Waals surface area contributed by atoms with Crippen molar-refractivity contribution in [2.45, 2.75) is 62.1 Å². The molecule has 3 fully saturated rings. The average molecular weight is 391 g/mol. The summed E-state index contributed by atoms with van der Waals surface area (Å²) in [5, 5.41) is 11.2. The first kappa shape index (κ1) is 19.2. The number of ether oxygens (including phenoxy) is 1. The Hall–Kier alpha value is -1.15. The van der Waals surface area contributed by atoms with Gasteiger partial charge in [-0.05, 0) is 43.7 Å². The molecular weight excluding hydrogens is 360 g/mol. The van der Waals surface area contributed by atoms with Crippen LogP contribution in [0.25, 0.3) is 0 Å². The van der Waals surface area contributed by atoms with E-state index >= 15 is 0 Å². The molecule has 1 aromatic rings.